The minimum absolute atomic E-state index is 0.107. The Balaban J connectivity index is 2.74. The lowest BCUT2D eigenvalue weighted by Gasteiger charge is -2.18. The van der Waals surface area contributed by atoms with Gasteiger partial charge in [-0.3, -0.25) is 9.59 Å². The number of Topliss-reactive ketones (excluding diaryl/α,β-unsaturated/α-hetero) is 2. The summed E-state index contributed by atoms with van der Waals surface area (Å²) in [5.74, 6) is -2.33. The second-order valence-corrected chi connectivity index (χ2v) is 5.54. The summed E-state index contributed by atoms with van der Waals surface area (Å²) in [6, 6.07) is 0. The summed E-state index contributed by atoms with van der Waals surface area (Å²) in [5.41, 5.74) is 54.2. The maximum atomic E-state index is 12.7. The summed E-state index contributed by atoms with van der Waals surface area (Å²) in [5, 5.41) is 0. The van der Waals surface area contributed by atoms with Crippen molar-refractivity contribution in [2.24, 2.45) is 0 Å². The Morgan fingerprint density at radius 1 is 0.346 bits per heavy atom. The summed E-state index contributed by atoms with van der Waals surface area (Å²) in [6.07, 6.45) is 0. The van der Waals surface area contributed by atoms with Crippen LogP contribution in [0, 0.1) is 0 Å². The van der Waals surface area contributed by atoms with Crippen LogP contribution in [0.1, 0.15) is 20.7 Å². The van der Waals surface area contributed by atoms with Gasteiger partial charge in [-0.1, -0.05) is 0 Å². The van der Waals surface area contributed by atoms with Crippen molar-refractivity contribution in [3.63, 3.8) is 0 Å². The van der Waals surface area contributed by atoms with Gasteiger partial charge in [0.25, 0.3) is 0 Å². The number of nitrogen functional groups attached to an aromatic ring is 10. The number of ketones is 2. The molecule has 2 aromatic carbocycles. The number of nitrogens with two attached hydrogens (primary N) is 10. The van der Waals surface area contributed by atoms with Crippen molar-refractivity contribution < 1.29 is 9.59 Å². The maximum Gasteiger partial charge on any atom is 0.238 e. The van der Waals surface area contributed by atoms with Crippen molar-refractivity contribution in [1.82, 2.24) is 0 Å². The molecule has 0 amide bonds. The molecule has 2 rings (SSSR count). The Hall–Kier alpha value is -4.22. The Morgan fingerprint density at radius 3 is 0.692 bits per heavy atom. The number of carbonyl (C=O) groups is 2. The number of carbonyl (C=O) groups excluding carboxylic acids is 2. The first-order chi connectivity index (χ1) is 11.9. The van der Waals surface area contributed by atoms with Crippen LogP contribution in [0.2, 0.25) is 0 Å². The molecule has 0 spiro atoms. The predicted molar refractivity (Wildman–Crippen MR) is 106 cm³/mol. The zero-order valence-corrected chi connectivity index (χ0v) is 13.6. The van der Waals surface area contributed by atoms with Gasteiger partial charge in [-0.25, -0.2) is 0 Å². The van der Waals surface area contributed by atoms with Gasteiger partial charge in [0.05, 0.1) is 68.0 Å². The van der Waals surface area contributed by atoms with Gasteiger partial charge in [0.15, 0.2) is 0 Å². The Labute approximate surface area is 147 Å². The normalized spacial score (nSPS) is 10.6. The summed E-state index contributed by atoms with van der Waals surface area (Å²) < 4.78 is 0. The van der Waals surface area contributed by atoms with E-state index >= 15 is 0 Å². The predicted octanol–water partition coefficient (Wildman–Crippen LogP) is -1.43. The molecule has 0 aliphatic carbocycles. The molecular formula is C14H20N10O2. The van der Waals surface area contributed by atoms with E-state index in [0.717, 1.165) is 0 Å². The molecule has 0 heterocycles. The van der Waals surface area contributed by atoms with Crippen molar-refractivity contribution in [2.45, 2.75) is 0 Å². The van der Waals surface area contributed by atoms with E-state index in [0.29, 0.717) is 0 Å². The molecular weight excluding hydrogens is 340 g/mol. The van der Waals surface area contributed by atoms with E-state index in [1.807, 2.05) is 0 Å². The minimum atomic E-state index is -1.17. The molecule has 0 aliphatic rings. The minimum Gasteiger partial charge on any atom is -0.396 e. The molecule has 0 atom stereocenters. The number of benzene rings is 2. The molecule has 0 fully saturated rings. The first-order valence-electron chi connectivity index (χ1n) is 7.04. The summed E-state index contributed by atoms with van der Waals surface area (Å²) in [6.45, 7) is 0. The third-order valence-corrected chi connectivity index (χ3v) is 4.06. The molecule has 0 saturated heterocycles. The fourth-order valence-electron chi connectivity index (χ4n) is 2.42. The molecule has 0 saturated carbocycles. The molecule has 0 aliphatic heterocycles. The van der Waals surface area contributed by atoms with E-state index < -0.39 is 22.7 Å². The van der Waals surface area contributed by atoms with Crippen LogP contribution in [-0.4, -0.2) is 11.6 Å². The number of rotatable bonds is 3. The molecule has 12 heteroatoms. The molecule has 0 radical (unpaired) electrons. The van der Waals surface area contributed by atoms with Crippen LogP contribution in [-0.2, 0) is 0 Å². The van der Waals surface area contributed by atoms with Gasteiger partial charge in [-0.15, -0.1) is 0 Å². The second kappa shape index (κ2) is 5.70. The molecule has 2 aromatic rings. The van der Waals surface area contributed by atoms with Gasteiger partial charge in [0, 0.05) is 0 Å². The van der Waals surface area contributed by atoms with Crippen molar-refractivity contribution in [2.75, 3.05) is 57.3 Å². The molecule has 138 valence electrons. The quantitative estimate of drug-likeness (QED) is 0.171. The van der Waals surface area contributed by atoms with Gasteiger partial charge in [0.2, 0.25) is 11.6 Å². The lowest BCUT2D eigenvalue weighted by Crippen LogP contribution is -2.23. The highest BCUT2D eigenvalue weighted by Crippen LogP contribution is 2.42. The molecule has 12 nitrogen and oxygen atoms in total. The lowest BCUT2D eigenvalue weighted by molar-refractivity contribution is 0.0819. The number of hydrogen-bond donors (Lipinski definition) is 10. The average molecular weight is 360 g/mol. The second-order valence-electron chi connectivity index (χ2n) is 5.54. The highest BCUT2D eigenvalue weighted by Gasteiger charge is 2.31. The Kier molecular flexibility index (Phi) is 3.97. The van der Waals surface area contributed by atoms with E-state index in [1.54, 1.807) is 0 Å². The molecule has 26 heavy (non-hydrogen) atoms. The summed E-state index contributed by atoms with van der Waals surface area (Å²) in [4.78, 5) is 25.5. The van der Waals surface area contributed by atoms with E-state index in [2.05, 4.69) is 0 Å². The molecule has 0 bridgehead atoms. The fraction of sp³-hybridized carbons (Fsp3) is 0. The fourth-order valence-corrected chi connectivity index (χ4v) is 2.42. The van der Waals surface area contributed by atoms with Crippen LogP contribution in [0.3, 0.4) is 0 Å². The van der Waals surface area contributed by atoms with Crippen LogP contribution < -0.4 is 57.3 Å². The topological polar surface area (TPSA) is 294 Å². The van der Waals surface area contributed by atoms with E-state index in [1.165, 1.54) is 0 Å². The first-order valence-corrected chi connectivity index (χ1v) is 7.04. The largest absolute Gasteiger partial charge is 0.396 e. The number of anilines is 10. The maximum absolute atomic E-state index is 12.7. The standard InChI is InChI=1S/C14H20N10O2/c15-3-1(4(16)8(20)11(23)7(3)19)13(25)14(26)2-5(17)9(21)12(24)10(22)6(2)18/h15-24H2. The van der Waals surface area contributed by atoms with E-state index in [-0.39, 0.29) is 56.9 Å². The third kappa shape index (κ3) is 2.24. The van der Waals surface area contributed by atoms with Crippen LogP contribution in [0.4, 0.5) is 56.9 Å². The van der Waals surface area contributed by atoms with Gasteiger partial charge in [-0.2, -0.15) is 0 Å². The molecule has 0 aromatic heterocycles. The lowest BCUT2D eigenvalue weighted by atomic mass is 9.93. The Morgan fingerprint density at radius 2 is 0.500 bits per heavy atom. The molecule has 20 N–H and O–H groups in total. The van der Waals surface area contributed by atoms with Crippen LogP contribution in [0.25, 0.3) is 0 Å². The SMILES string of the molecule is Nc1c(N)c(N)c(C(=O)C(=O)c2c(N)c(N)c(N)c(N)c2N)c(N)c1N. The molecule has 0 unspecified atom stereocenters. The zero-order chi connectivity index (χ0) is 20.1. The summed E-state index contributed by atoms with van der Waals surface area (Å²) in [7, 11) is 0. The monoisotopic (exact) mass is 360 g/mol. The number of hydrogen-bond acceptors (Lipinski definition) is 12. The van der Waals surface area contributed by atoms with Gasteiger partial charge < -0.3 is 57.3 Å². The first kappa shape index (κ1) is 18.1. The van der Waals surface area contributed by atoms with E-state index in [9.17, 15) is 9.59 Å². The van der Waals surface area contributed by atoms with Crippen molar-refractivity contribution >= 4 is 68.4 Å². The van der Waals surface area contributed by atoms with Gasteiger partial charge >= 0.3 is 0 Å². The van der Waals surface area contributed by atoms with Gasteiger partial charge in [0.1, 0.15) is 0 Å². The zero-order valence-electron chi connectivity index (χ0n) is 13.6. The third-order valence-electron chi connectivity index (χ3n) is 4.06. The van der Waals surface area contributed by atoms with Crippen molar-refractivity contribution in [1.29, 1.82) is 0 Å². The van der Waals surface area contributed by atoms with Crippen LogP contribution in [0.5, 0.6) is 0 Å². The van der Waals surface area contributed by atoms with Gasteiger partial charge in [-0.05, 0) is 0 Å². The highest BCUT2D eigenvalue weighted by molar-refractivity contribution is 6.53. The van der Waals surface area contributed by atoms with E-state index in [4.69, 9.17) is 57.3 Å². The highest BCUT2D eigenvalue weighted by atomic mass is 16.2. The average Bonchev–Trinajstić information content (AvgIpc) is 2.61. The van der Waals surface area contributed by atoms with Crippen molar-refractivity contribution in [3.8, 4) is 0 Å². The Bertz CT molecular complexity index is 845. The van der Waals surface area contributed by atoms with Crippen molar-refractivity contribution in [3.05, 3.63) is 11.1 Å². The summed E-state index contributed by atoms with van der Waals surface area (Å²) >= 11 is 0. The smallest absolute Gasteiger partial charge is 0.238 e. The van der Waals surface area contributed by atoms with Crippen LogP contribution >= 0.6 is 0 Å². The van der Waals surface area contributed by atoms with Crippen LogP contribution in [0.15, 0.2) is 0 Å².